The lowest BCUT2D eigenvalue weighted by molar-refractivity contribution is -0.121. The fourth-order valence-electron chi connectivity index (χ4n) is 2.85. The molecule has 1 aromatic carbocycles. The standard InChI is InChI=1S/C16H19FN2O3S2/c1-3-10(2)15(20)18-16-19(12-6-4-11(17)5-7-12)13-8-24(21,22)9-14(13)23-16/h4-7,10,13-14H,3,8-9H2,1-2H3. The summed E-state index contributed by atoms with van der Waals surface area (Å²) in [4.78, 5) is 18.2. The summed E-state index contributed by atoms with van der Waals surface area (Å²) in [6.45, 7) is 3.74. The van der Waals surface area contributed by atoms with Gasteiger partial charge in [0.05, 0.1) is 17.5 Å². The van der Waals surface area contributed by atoms with E-state index in [1.807, 2.05) is 13.8 Å². The summed E-state index contributed by atoms with van der Waals surface area (Å²) in [5.41, 5.74) is 0.657. The molecule has 3 atom stereocenters. The smallest absolute Gasteiger partial charge is 0.250 e. The third-order valence-corrected chi connectivity index (χ3v) is 7.62. The minimum atomic E-state index is -3.10. The van der Waals surface area contributed by atoms with E-state index in [2.05, 4.69) is 4.99 Å². The van der Waals surface area contributed by atoms with Crippen molar-refractivity contribution >= 4 is 38.4 Å². The molecule has 0 bridgehead atoms. The molecule has 0 aliphatic carbocycles. The van der Waals surface area contributed by atoms with E-state index in [0.717, 1.165) is 0 Å². The number of fused-ring (bicyclic) bond motifs is 1. The molecule has 0 spiro atoms. The summed E-state index contributed by atoms with van der Waals surface area (Å²) < 4.78 is 37.1. The number of benzene rings is 1. The van der Waals surface area contributed by atoms with Crippen molar-refractivity contribution in [3.8, 4) is 0 Å². The fourth-order valence-corrected chi connectivity index (χ4v) is 6.77. The maximum Gasteiger partial charge on any atom is 0.250 e. The average Bonchev–Trinajstić information content (AvgIpc) is 2.98. The van der Waals surface area contributed by atoms with E-state index in [9.17, 15) is 17.6 Å². The van der Waals surface area contributed by atoms with Crippen LogP contribution in [0.25, 0.3) is 0 Å². The Morgan fingerprint density at radius 1 is 1.38 bits per heavy atom. The number of sulfone groups is 1. The van der Waals surface area contributed by atoms with Crippen molar-refractivity contribution in [3.63, 3.8) is 0 Å². The molecule has 130 valence electrons. The van der Waals surface area contributed by atoms with E-state index >= 15 is 0 Å². The molecule has 2 aliphatic rings. The van der Waals surface area contributed by atoms with Crippen LogP contribution in [0.4, 0.5) is 10.1 Å². The number of amidine groups is 1. The molecule has 2 saturated heterocycles. The molecule has 2 aliphatic heterocycles. The van der Waals surface area contributed by atoms with Gasteiger partial charge in [0, 0.05) is 16.9 Å². The van der Waals surface area contributed by atoms with Gasteiger partial charge in [0.2, 0.25) is 0 Å². The predicted molar refractivity (Wildman–Crippen MR) is 94.6 cm³/mol. The SMILES string of the molecule is CCC(C)C(=O)N=C1SC2CS(=O)(=O)CC2N1c1ccc(F)cc1. The number of halogens is 1. The van der Waals surface area contributed by atoms with Crippen molar-refractivity contribution in [3.05, 3.63) is 30.1 Å². The molecule has 24 heavy (non-hydrogen) atoms. The molecule has 5 nitrogen and oxygen atoms in total. The second-order valence-electron chi connectivity index (χ2n) is 6.19. The molecular formula is C16H19FN2O3S2. The lowest BCUT2D eigenvalue weighted by atomic mass is 10.1. The maximum absolute atomic E-state index is 13.2. The average molecular weight is 370 g/mol. The topological polar surface area (TPSA) is 66.8 Å². The van der Waals surface area contributed by atoms with E-state index in [-0.39, 0.29) is 40.4 Å². The Balaban J connectivity index is 1.98. The zero-order valence-corrected chi connectivity index (χ0v) is 15.1. The van der Waals surface area contributed by atoms with Crippen LogP contribution in [-0.4, -0.2) is 42.3 Å². The highest BCUT2D eigenvalue weighted by Gasteiger charge is 2.49. The first-order valence-corrected chi connectivity index (χ1v) is 10.5. The molecule has 2 fully saturated rings. The third-order valence-electron chi connectivity index (χ3n) is 4.41. The molecule has 1 aromatic rings. The predicted octanol–water partition coefficient (Wildman–Crippen LogP) is 2.47. The summed E-state index contributed by atoms with van der Waals surface area (Å²) in [7, 11) is -3.10. The Morgan fingerprint density at radius 3 is 2.67 bits per heavy atom. The molecule has 1 amide bonds. The second kappa shape index (κ2) is 6.48. The van der Waals surface area contributed by atoms with Crippen LogP contribution in [0.3, 0.4) is 0 Å². The first kappa shape index (κ1) is 17.4. The maximum atomic E-state index is 13.2. The van der Waals surface area contributed by atoms with Gasteiger partial charge in [0.1, 0.15) is 5.82 Å². The first-order chi connectivity index (χ1) is 11.3. The van der Waals surface area contributed by atoms with E-state index in [1.165, 1.54) is 23.9 Å². The number of hydrogen-bond donors (Lipinski definition) is 0. The van der Waals surface area contributed by atoms with Gasteiger partial charge in [-0.25, -0.2) is 12.8 Å². The van der Waals surface area contributed by atoms with Gasteiger partial charge in [-0.2, -0.15) is 4.99 Å². The number of nitrogens with zero attached hydrogens (tertiary/aromatic N) is 2. The Morgan fingerprint density at radius 2 is 2.04 bits per heavy atom. The largest absolute Gasteiger partial charge is 0.316 e. The summed E-state index contributed by atoms with van der Waals surface area (Å²) in [5, 5.41) is 0.361. The van der Waals surface area contributed by atoms with Crippen molar-refractivity contribution in [2.75, 3.05) is 16.4 Å². The number of carbonyl (C=O) groups is 1. The number of amides is 1. The Kier molecular flexibility index (Phi) is 4.70. The van der Waals surface area contributed by atoms with E-state index < -0.39 is 9.84 Å². The van der Waals surface area contributed by atoms with Gasteiger partial charge in [-0.05, 0) is 30.7 Å². The van der Waals surface area contributed by atoms with Crippen LogP contribution in [-0.2, 0) is 14.6 Å². The molecule has 0 radical (unpaired) electrons. The molecule has 0 saturated carbocycles. The normalized spacial score (nSPS) is 28.1. The Bertz CT molecular complexity index is 777. The zero-order valence-electron chi connectivity index (χ0n) is 13.5. The van der Waals surface area contributed by atoms with Crippen molar-refractivity contribution in [2.24, 2.45) is 10.9 Å². The monoisotopic (exact) mass is 370 g/mol. The minimum absolute atomic E-state index is 0.0264. The van der Waals surface area contributed by atoms with E-state index in [0.29, 0.717) is 17.3 Å². The highest BCUT2D eigenvalue weighted by molar-refractivity contribution is 8.16. The number of anilines is 1. The summed E-state index contributed by atoms with van der Waals surface area (Å²) in [6, 6.07) is 5.56. The number of aliphatic imine (C=N–C) groups is 1. The lowest BCUT2D eigenvalue weighted by Gasteiger charge is -2.24. The lowest BCUT2D eigenvalue weighted by Crippen LogP contribution is -2.37. The van der Waals surface area contributed by atoms with Crippen LogP contribution in [0, 0.1) is 11.7 Å². The molecule has 3 unspecified atom stereocenters. The van der Waals surface area contributed by atoms with E-state index in [1.54, 1.807) is 17.0 Å². The van der Waals surface area contributed by atoms with Gasteiger partial charge in [-0.3, -0.25) is 4.79 Å². The third kappa shape index (κ3) is 3.35. The molecule has 3 rings (SSSR count). The van der Waals surface area contributed by atoms with Crippen LogP contribution >= 0.6 is 11.8 Å². The number of thioether (sulfide) groups is 1. The molecule has 0 aromatic heterocycles. The number of rotatable bonds is 3. The minimum Gasteiger partial charge on any atom is -0.316 e. The van der Waals surface area contributed by atoms with Crippen molar-refractivity contribution < 1.29 is 17.6 Å². The van der Waals surface area contributed by atoms with Gasteiger partial charge in [-0.15, -0.1) is 0 Å². The van der Waals surface area contributed by atoms with Gasteiger partial charge in [0.25, 0.3) is 5.91 Å². The zero-order chi connectivity index (χ0) is 17.5. The van der Waals surface area contributed by atoms with Crippen LogP contribution in [0.2, 0.25) is 0 Å². The van der Waals surface area contributed by atoms with Crippen LogP contribution < -0.4 is 4.90 Å². The summed E-state index contributed by atoms with van der Waals surface area (Å²) in [5.74, 6) is -0.655. The summed E-state index contributed by atoms with van der Waals surface area (Å²) >= 11 is 1.33. The number of hydrogen-bond acceptors (Lipinski definition) is 4. The van der Waals surface area contributed by atoms with Crippen molar-refractivity contribution in [1.82, 2.24) is 0 Å². The van der Waals surface area contributed by atoms with Gasteiger partial charge < -0.3 is 4.90 Å². The van der Waals surface area contributed by atoms with E-state index in [4.69, 9.17) is 0 Å². The van der Waals surface area contributed by atoms with Gasteiger partial charge in [0.15, 0.2) is 15.0 Å². The second-order valence-corrected chi connectivity index (χ2v) is 9.55. The fraction of sp³-hybridized carbons (Fsp3) is 0.500. The molecule has 0 N–H and O–H groups in total. The van der Waals surface area contributed by atoms with Crippen molar-refractivity contribution in [2.45, 2.75) is 31.6 Å². The Labute approximate surface area is 145 Å². The molecule has 8 heteroatoms. The summed E-state index contributed by atoms with van der Waals surface area (Å²) in [6.07, 6.45) is 0.693. The molecular weight excluding hydrogens is 351 g/mol. The highest BCUT2D eigenvalue weighted by Crippen LogP contribution is 2.41. The van der Waals surface area contributed by atoms with Crippen LogP contribution in [0.5, 0.6) is 0 Å². The quantitative estimate of drug-likeness (QED) is 0.818. The van der Waals surface area contributed by atoms with Gasteiger partial charge in [-0.1, -0.05) is 25.6 Å². The van der Waals surface area contributed by atoms with Crippen molar-refractivity contribution in [1.29, 1.82) is 0 Å². The van der Waals surface area contributed by atoms with Crippen LogP contribution in [0.1, 0.15) is 20.3 Å². The first-order valence-electron chi connectivity index (χ1n) is 7.85. The Hall–Kier alpha value is -1.41. The molecule has 2 heterocycles. The number of carbonyl (C=O) groups excluding carboxylic acids is 1. The van der Waals surface area contributed by atoms with Crippen LogP contribution in [0.15, 0.2) is 29.3 Å². The highest BCUT2D eigenvalue weighted by atomic mass is 32.2. The van der Waals surface area contributed by atoms with Gasteiger partial charge >= 0.3 is 0 Å².